The normalized spacial score (nSPS) is 11.6. The Bertz CT molecular complexity index is 322. The second-order valence-electron chi connectivity index (χ2n) is 3.00. The summed E-state index contributed by atoms with van der Waals surface area (Å²) in [6.07, 6.45) is 0. The molecule has 13 heavy (non-hydrogen) atoms. The molecule has 72 valence electrons. The van der Waals surface area contributed by atoms with Crippen molar-refractivity contribution in [2.24, 2.45) is 7.05 Å². The zero-order valence-electron chi connectivity index (χ0n) is 7.55. The lowest BCUT2D eigenvalue weighted by molar-refractivity contribution is -0.138. The van der Waals surface area contributed by atoms with Gasteiger partial charge in [-0.05, 0) is 24.3 Å². The van der Waals surface area contributed by atoms with Gasteiger partial charge in [0.2, 0.25) is 5.16 Å². The van der Waals surface area contributed by atoms with Crippen LogP contribution in [0.2, 0.25) is 0 Å². The molecule has 0 aliphatic carbocycles. The monoisotopic (exact) mass is 202 g/mol. The summed E-state index contributed by atoms with van der Waals surface area (Å²) in [4.78, 5) is 10.8. The molecule has 6 nitrogen and oxygen atoms in total. The molecule has 0 aliphatic heterocycles. The molecule has 1 heterocycles. The largest absolute Gasteiger partial charge is 0.480 e. The van der Waals surface area contributed by atoms with E-state index in [1.165, 1.54) is 4.68 Å². The zero-order chi connectivity index (χ0) is 10.1. The van der Waals surface area contributed by atoms with Gasteiger partial charge < -0.3 is 5.11 Å². The molecule has 1 aromatic heterocycles. The van der Waals surface area contributed by atoms with Crippen molar-refractivity contribution < 1.29 is 9.90 Å². The fourth-order valence-corrected chi connectivity index (χ4v) is 1.37. The van der Waals surface area contributed by atoms with Crippen molar-refractivity contribution in [2.75, 3.05) is 0 Å². The number of aryl methyl sites for hydroxylation is 1. The highest BCUT2D eigenvalue weighted by atomic mass is 32.2. The van der Waals surface area contributed by atoms with Crippen LogP contribution < -0.4 is 0 Å². The standard InChI is InChI=1S/C6H10N4O2S/c1-6(2,4(11)12)13-5-7-8-9-10(5)3/h1-3H3,(H,11,12). The Morgan fingerprint density at radius 2 is 2.23 bits per heavy atom. The lowest BCUT2D eigenvalue weighted by atomic mass is 10.2. The minimum atomic E-state index is -0.914. The van der Waals surface area contributed by atoms with Crippen LogP contribution in [0.25, 0.3) is 0 Å². The molecule has 0 unspecified atom stereocenters. The molecular formula is C6H10N4O2S. The van der Waals surface area contributed by atoms with E-state index in [4.69, 9.17) is 5.11 Å². The Morgan fingerprint density at radius 3 is 2.62 bits per heavy atom. The molecule has 0 amide bonds. The summed E-state index contributed by atoms with van der Waals surface area (Å²) in [5, 5.41) is 20.0. The summed E-state index contributed by atoms with van der Waals surface area (Å²) in [7, 11) is 1.67. The summed E-state index contributed by atoms with van der Waals surface area (Å²) in [5.74, 6) is -0.888. The summed E-state index contributed by atoms with van der Waals surface area (Å²) in [6.45, 7) is 3.21. The van der Waals surface area contributed by atoms with Crippen LogP contribution in [0.4, 0.5) is 0 Å². The van der Waals surface area contributed by atoms with Crippen molar-refractivity contribution in [1.82, 2.24) is 20.2 Å². The maximum atomic E-state index is 10.8. The predicted molar refractivity (Wildman–Crippen MR) is 46.4 cm³/mol. The van der Waals surface area contributed by atoms with Gasteiger partial charge in [-0.15, -0.1) is 5.10 Å². The van der Waals surface area contributed by atoms with Gasteiger partial charge in [-0.1, -0.05) is 11.8 Å². The number of rotatable bonds is 3. The Morgan fingerprint density at radius 1 is 1.62 bits per heavy atom. The topological polar surface area (TPSA) is 80.9 Å². The molecule has 7 heteroatoms. The first-order valence-corrected chi connectivity index (χ1v) is 4.40. The Labute approximate surface area is 79.3 Å². The molecule has 0 saturated carbocycles. The maximum absolute atomic E-state index is 10.8. The van der Waals surface area contributed by atoms with Gasteiger partial charge in [-0.3, -0.25) is 4.79 Å². The molecule has 0 saturated heterocycles. The van der Waals surface area contributed by atoms with Crippen molar-refractivity contribution in [3.8, 4) is 0 Å². The summed E-state index contributed by atoms with van der Waals surface area (Å²) >= 11 is 1.11. The molecule has 0 spiro atoms. The third kappa shape index (κ3) is 2.18. The van der Waals surface area contributed by atoms with Crippen molar-refractivity contribution in [3.05, 3.63) is 0 Å². The number of aromatic nitrogens is 4. The number of aliphatic carboxylic acids is 1. The molecular weight excluding hydrogens is 192 g/mol. The highest BCUT2D eigenvalue weighted by Gasteiger charge is 2.30. The van der Waals surface area contributed by atoms with E-state index in [0.717, 1.165) is 11.8 Å². The van der Waals surface area contributed by atoms with Crippen LogP contribution in [0.15, 0.2) is 5.16 Å². The van der Waals surface area contributed by atoms with E-state index in [1.54, 1.807) is 20.9 Å². The number of carboxylic acids is 1. The molecule has 1 aromatic rings. The molecule has 0 radical (unpaired) electrons. The molecule has 0 atom stereocenters. The minimum absolute atomic E-state index is 0.493. The SMILES string of the molecule is Cn1nnnc1SC(C)(C)C(=O)O. The molecule has 0 aromatic carbocycles. The van der Waals surface area contributed by atoms with Gasteiger partial charge in [0.1, 0.15) is 4.75 Å². The highest BCUT2D eigenvalue weighted by Crippen LogP contribution is 2.29. The molecule has 1 N–H and O–H groups in total. The van der Waals surface area contributed by atoms with Crippen LogP contribution in [-0.2, 0) is 11.8 Å². The van der Waals surface area contributed by atoms with Gasteiger partial charge in [-0.25, -0.2) is 4.68 Å². The first-order chi connectivity index (χ1) is 5.93. The number of hydrogen-bond acceptors (Lipinski definition) is 5. The van der Waals surface area contributed by atoms with Crippen LogP contribution in [-0.4, -0.2) is 36.0 Å². The van der Waals surface area contributed by atoms with E-state index in [0.29, 0.717) is 5.16 Å². The Kier molecular flexibility index (Phi) is 2.55. The molecule has 0 aliphatic rings. The van der Waals surface area contributed by atoms with Gasteiger partial charge in [-0.2, -0.15) is 0 Å². The first-order valence-electron chi connectivity index (χ1n) is 3.58. The third-order valence-electron chi connectivity index (χ3n) is 1.44. The fourth-order valence-electron chi connectivity index (χ4n) is 0.580. The second kappa shape index (κ2) is 3.33. The van der Waals surface area contributed by atoms with Gasteiger partial charge in [0, 0.05) is 7.05 Å². The first kappa shape index (κ1) is 9.97. The summed E-state index contributed by atoms with van der Waals surface area (Å²) in [6, 6.07) is 0. The maximum Gasteiger partial charge on any atom is 0.319 e. The minimum Gasteiger partial charge on any atom is -0.480 e. The van der Waals surface area contributed by atoms with Crippen LogP contribution >= 0.6 is 11.8 Å². The van der Waals surface area contributed by atoms with Crippen molar-refractivity contribution in [2.45, 2.75) is 23.8 Å². The van der Waals surface area contributed by atoms with E-state index in [2.05, 4.69) is 15.5 Å². The lowest BCUT2D eigenvalue weighted by Crippen LogP contribution is -2.27. The van der Waals surface area contributed by atoms with E-state index >= 15 is 0 Å². The highest BCUT2D eigenvalue weighted by molar-refractivity contribution is 8.01. The smallest absolute Gasteiger partial charge is 0.319 e. The Balaban J connectivity index is 2.80. The predicted octanol–water partition coefficient (Wildman–Crippen LogP) is 0.165. The number of thioether (sulfide) groups is 1. The second-order valence-corrected chi connectivity index (χ2v) is 4.59. The summed E-state index contributed by atoms with van der Waals surface area (Å²) < 4.78 is 0.526. The van der Waals surface area contributed by atoms with Crippen molar-refractivity contribution in [1.29, 1.82) is 0 Å². The van der Waals surface area contributed by atoms with Crippen LogP contribution in [0.3, 0.4) is 0 Å². The summed E-state index contributed by atoms with van der Waals surface area (Å²) in [5.41, 5.74) is 0. The van der Waals surface area contributed by atoms with Gasteiger partial charge in [0.25, 0.3) is 0 Å². The van der Waals surface area contributed by atoms with Crippen LogP contribution in [0.1, 0.15) is 13.8 Å². The fraction of sp³-hybridized carbons (Fsp3) is 0.667. The number of carbonyl (C=O) groups is 1. The molecule has 0 bridgehead atoms. The van der Waals surface area contributed by atoms with Crippen molar-refractivity contribution >= 4 is 17.7 Å². The molecule has 0 fully saturated rings. The number of hydrogen-bond donors (Lipinski definition) is 1. The van der Waals surface area contributed by atoms with Crippen LogP contribution in [0.5, 0.6) is 0 Å². The zero-order valence-corrected chi connectivity index (χ0v) is 8.37. The van der Waals surface area contributed by atoms with Crippen molar-refractivity contribution in [3.63, 3.8) is 0 Å². The van der Waals surface area contributed by atoms with E-state index < -0.39 is 10.7 Å². The Hall–Kier alpha value is -1.11. The van der Waals surface area contributed by atoms with Gasteiger partial charge in [0.15, 0.2) is 0 Å². The number of nitrogens with zero attached hydrogens (tertiary/aromatic N) is 4. The third-order valence-corrected chi connectivity index (χ3v) is 2.66. The quantitative estimate of drug-likeness (QED) is 0.703. The number of carboxylic acid groups (broad SMARTS) is 1. The van der Waals surface area contributed by atoms with E-state index in [9.17, 15) is 4.79 Å². The number of tetrazole rings is 1. The van der Waals surface area contributed by atoms with Gasteiger partial charge >= 0.3 is 5.97 Å². The van der Waals surface area contributed by atoms with E-state index in [1.807, 2.05) is 0 Å². The van der Waals surface area contributed by atoms with Crippen LogP contribution in [0, 0.1) is 0 Å². The lowest BCUT2D eigenvalue weighted by Gasteiger charge is -2.16. The molecule has 1 rings (SSSR count). The van der Waals surface area contributed by atoms with E-state index in [-0.39, 0.29) is 0 Å². The van der Waals surface area contributed by atoms with Gasteiger partial charge in [0.05, 0.1) is 0 Å². The average molecular weight is 202 g/mol. The average Bonchev–Trinajstić information content (AvgIpc) is 2.35.